The normalized spacial score (nSPS) is 9.53. The van der Waals surface area contributed by atoms with Crippen molar-refractivity contribution in [3.8, 4) is 0 Å². The fourth-order valence-corrected chi connectivity index (χ4v) is 1.06. The summed E-state index contributed by atoms with van der Waals surface area (Å²) in [5.41, 5.74) is 5.83. The highest BCUT2D eigenvalue weighted by Gasteiger charge is 2.05. The molecule has 0 unspecified atom stereocenters. The van der Waals surface area contributed by atoms with Crippen LogP contribution in [0.15, 0.2) is 24.3 Å². The number of hydrogen-bond donors (Lipinski definition) is 3. The van der Waals surface area contributed by atoms with Gasteiger partial charge in [0.15, 0.2) is 0 Å². The summed E-state index contributed by atoms with van der Waals surface area (Å²) in [5, 5.41) is 11.0. The molecule has 0 heterocycles. The predicted molar refractivity (Wildman–Crippen MR) is 74.9 cm³/mol. The molecular weight excluding hydrogens is 244 g/mol. The topological polar surface area (TPSA) is 92.4 Å². The molecule has 1 aromatic carbocycles. The highest BCUT2D eigenvalue weighted by atomic mass is 16.3. The third kappa shape index (κ3) is 7.94. The number of carbonyl (C=O) groups excluding carboxylic acids is 2. The summed E-state index contributed by atoms with van der Waals surface area (Å²) < 4.78 is 0. The largest absolute Gasteiger partial charge is 0.395 e. The zero-order valence-electron chi connectivity index (χ0n) is 11.6. The van der Waals surface area contributed by atoms with Gasteiger partial charge in [0, 0.05) is 17.7 Å². The lowest BCUT2D eigenvalue weighted by atomic mass is 10.1. The van der Waals surface area contributed by atoms with Gasteiger partial charge in [-0.3, -0.25) is 9.59 Å². The van der Waals surface area contributed by atoms with Crippen LogP contribution in [0.4, 0.5) is 0 Å². The number of amides is 2. The number of rotatable bonds is 4. The van der Waals surface area contributed by atoms with Crippen LogP contribution in [0.2, 0.25) is 0 Å². The summed E-state index contributed by atoms with van der Waals surface area (Å²) in [6.07, 6.45) is 0. The van der Waals surface area contributed by atoms with E-state index in [1.165, 1.54) is 24.3 Å². The van der Waals surface area contributed by atoms with Crippen LogP contribution in [0.5, 0.6) is 0 Å². The minimum Gasteiger partial charge on any atom is -0.395 e. The van der Waals surface area contributed by atoms with E-state index in [0.717, 1.165) is 5.92 Å². The second-order valence-corrected chi connectivity index (χ2v) is 4.65. The maximum atomic E-state index is 11.3. The lowest BCUT2D eigenvalue weighted by Crippen LogP contribution is -2.26. The van der Waals surface area contributed by atoms with E-state index < -0.39 is 5.91 Å². The molecule has 1 rings (SSSR count). The van der Waals surface area contributed by atoms with E-state index in [0.29, 0.717) is 11.1 Å². The van der Waals surface area contributed by atoms with E-state index in [-0.39, 0.29) is 19.1 Å². The fourth-order valence-electron chi connectivity index (χ4n) is 1.06. The Morgan fingerprint density at radius 3 is 1.95 bits per heavy atom. The van der Waals surface area contributed by atoms with Crippen LogP contribution < -0.4 is 11.1 Å². The van der Waals surface area contributed by atoms with Crippen molar-refractivity contribution in [1.29, 1.82) is 0 Å². The first kappa shape index (κ1) is 17.1. The van der Waals surface area contributed by atoms with Crippen molar-refractivity contribution in [3.63, 3.8) is 0 Å². The van der Waals surface area contributed by atoms with E-state index in [4.69, 9.17) is 10.8 Å². The maximum absolute atomic E-state index is 11.3. The first-order chi connectivity index (χ1) is 8.88. The van der Waals surface area contributed by atoms with Crippen molar-refractivity contribution in [2.24, 2.45) is 11.7 Å². The average Bonchev–Trinajstić information content (AvgIpc) is 2.35. The molecule has 2 amide bonds. The Morgan fingerprint density at radius 1 is 1.16 bits per heavy atom. The van der Waals surface area contributed by atoms with Crippen molar-refractivity contribution >= 4 is 11.8 Å². The Hall–Kier alpha value is -1.88. The van der Waals surface area contributed by atoms with E-state index >= 15 is 0 Å². The molecule has 0 aliphatic heterocycles. The Kier molecular flexibility index (Phi) is 8.20. The second-order valence-electron chi connectivity index (χ2n) is 4.65. The maximum Gasteiger partial charge on any atom is 0.251 e. The molecular formula is C14H22N2O3. The van der Waals surface area contributed by atoms with Gasteiger partial charge in [-0.1, -0.05) is 20.8 Å². The van der Waals surface area contributed by atoms with Gasteiger partial charge >= 0.3 is 0 Å². The summed E-state index contributed by atoms with van der Waals surface area (Å²) in [7, 11) is 0. The Morgan fingerprint density at radius 2 is 1.58 bits per heavy atom. The molecule has 0 atom stereocenters. The minimum atomic E-state index is -0.530. The predicted octanol–water partition coefficient (Wildman–Crippen LogP) is 1.17. The summed E-state index contributed by atoms with van der Waals surface area (Å²) in [4.78, 5) is 22.1. The Bertz CT molecular complexity index is 397. The molecule has 0 fully saturated rings. The van der Waals surface area contributed by atoms with Gasteiger partial charge in [-0.2, -0.15) is 0 Å². The molecule has 19 heavy (non-hydrogen) atoms. The standard InChI is InChI=1S/C10H12N2O3.C4H10/c11-9(14)7-1-3-8(4-2-7)10(15)12-5-6-13;1-4(2)3/h1-4,13H,5-6H2,(H2,11,14)(H,12,15);4H,1-3H3. The molecule has 0 radical (unpaired) electrons. The quantitative estimate of drug-likeness (QED) is 0.763. The first-order valence-corrected chi connectivity index (χ1v) is 6.17. The number of carbonyl (C=O) groups is 2. The van der Waals surface area contributed by atoms with Gasteiger partial charge in [0.25, 0.3) is 5.91 Å². The number of nitrogens with two attached hydrogens (primary N) is 1. The van der Waals surface area contributed by atoms with Crippen LogP contribution in [0.3, 0.4) is 0 Å². The van der Waals surface area contributed by atoms with Crippen LogP contribution in [0.1, 0.15) is 41.5 Å². The zero-order chi connectivity index (χ0) is 14.8. The number of aliphatic hydroxyl groups excluding tert-OH is 1. The average molecular weight is 266 g/mol. The van der Waals surface area contributed by atoms with Crippen LogP contribution in [0.25, 0.3) is 0 Å². The molecule has 0 aliphatic carbocycles. The smallest absolute Gasteiger partial charge is 0.251 e. The highest BCUT2D eigenvalue weighted by molar-refractivity contribution is 5.97. The lowest BCUT2D eigenvalue weighted by molar-refractivity contribution is 0.0942. The number of primary amides is 1. The van der Waals surface area contributed by atoms with E-state index in [9.17, 15) is 9.59 Å². The van der Waals surface area contributed by atoms with Crippen molar-refractivity contribution in [2.45, 2.75) is 20.8 Å². The fraction of sp³-hybridized carbons (Fsp3) is 0.429. The summed E-state index contributed by atoms with van der Waals surface area (Å²) >= 11 is 0. The molecule has 0 spiro atoms. The molecule has 0 aromatic heterocycles. The van der Waals surface area contributed by atoms with Crippen LogP contribution in [-0.2, 0) is 0 Å². The van der Waals surface area contributed by atoms with Gasteiger partial charge in [-0.05, 0) is 30.2 Å². The summed E-state index contributed by atoms with van der Waals surface area (Å²) in [6.45, 7) is 6.60. The number of nitrogens with one attached hydrogen (secondary N) is 1. The minimum absolute atomic E-state index is 0.106. The van der Waals surface area contributed by atoms with Crippen molar-refractivity contribution in [2.75, 3.05) is 13.2 Å². The molecule has 1 aromatic rings. The van der Waals surface area contributed by atoms with Gasteiger partial charge < -0.3 is 16.2 Å². The van der Waals surface area contributed by atoms with E-state index in [1.807, 2.05) is 0 Å². The molecule has 5 nitrogen and oxygen atoms in total. The summed E-state index contributed by atoms with van der Waals surface area (Å²) in [6, 6.07) is 5.98. The lowest BCUT2D eigenvalue weighted by Gasteiger charge is -2.03. The Labute approximate surface area is 113 Å². The first-order valence-electron chi connectivity index (χ1n) is 6.17. The molecule has 0 saturated heterocycles. The number of hydrogen-bond acceptors (Lipinski definition) is 3. The molecule has 106 valence electrons. The molecule has 0 bridgehead atoms. The third-order valence-electron chi connectivity index (χ3n) is 1.83. The number of aliphatic hydroxyl groups is 1. The van der Waals surface area contributed by atoms with Crippen molar-refractivity contribution in [1.82, 2.24) is 5.32 Å². The zero-order valence-corrected chi connectivity index (χ0v) is 11.6. The number of benzene rings is 1. The second kappa shape index (κ2) is 9.10. The Balaban J connectivity index is 0.000000711. The SMILES string of the molecule is CC(C)C.NC(=O)c1ccc(C(=O)NCCO)cc1. The molecule has 0 saturated carbocycles. The van der Waals surface area contributed by atoms with Crippen LogP contribution in [-0.4, -0.2) is 30.1 Å². The van der Waals surface area contributed by atoms with E-state index in [1.54, 1.807) is 0 Å². The van der Waals surface area contributed by atoms with Gasteiger partial charge in [-0.15, -0.1) is 0 Å². The monoisotopic (exact) mass is 266 g/mol. The van der Waals surface area contributed by atoms with Gasteiger partial charge in [0.1, 0.15) is 0 Å². The van der Waals surface area contributed by atoms with E-state index in [2.05, 4.69) is 26.1 Å². The van der Waals surface area contributed by atoms with Crippen molar-refractivity contribution < 1.29 is 14.7 Å². The van der Waals surface area contributed by atoms with Crippen LogP contribution in [0, 0.1) is 5.92 Å². The molecule has 0 aliphatic rings. The molecule has 5 heteroatoms. The van der Waals surface area contributed by atoms with Gasteiger partial charge in [0.05, 0.1) is 6.61 Å². The van der Waals surface area contributed by atoms with Crippen LogP contribution >= 0.6 is 0 Å². The molecule has 4 N–H and O–H groups in total. The summed E-state index contributed by atoms with van der Waals surface area (Å²) in [5.74, 6) is 0.0115. The van der Waals surface area contributed by atoms with Gasteiger partial charge in [-0.25, -0.2) is 0 Å². The van der Waals surface area contributed by atoms with Gasteiger partial charge in [0.2, 0.25) is 5.91 Å². The third-order valence-corrected chi connectivity index (χ3v) is 1.83. The highest BCUT2D eigenvalue weighted by Crippen LogP contribution is 2.03. The van der Waals surface area contributed by atoms with Crippen molar-refractivity contribution in [3.05, 3.63) is 35.4 Å².